The van der Waals surface area contributed by atoms with E-state index < -0.39 is 15.8 Å². The fourth-order valence-electron chi connectivity index (χ4n) is 2.34. The van der Waals surface area contributed by atoms with E-state index in [9.17, 15) is 13.2 Å². The van der Waals surface area contributed by atoms with Gasteiger partial charge in [0, 0.05) is 23.1 Å². The first kappa shape index (κ1) is 18.0. The lowest BCUT2D eigenvalue weighted by atomic mass is 10.2. The summed E-state index contributed by atoms with van der Waals surface area (Å²) in [6, 6.07) is 7.44. The van der Waals surface area contributed by atoms with E-state index in [1.807, 2.05) is 24.3 Å². The summed E-state index contributed by atoms with van der Waals surface area (Å²) in [6.45, 7) is 0.601. The lowest BCUT2D eigenvalue weighted by molar-refractivity contribution is -0.147. The molecule has 0 aliphatic carbocycles. The molecule has 0 saturated carbocycles. The Morgan fingerprint density at radius 1 is 1.32 bits per heavy atom. The Morgan fingerprint density at radius 2 is 2.08 bits per heavy atom. The molecule has 0 atom stereocenters. The first-order chi connectivity index (χ1) is 11.9. The highest BCUT2D eigenvalue weighted by atomic mass is 79.9. The zero-order valence-electron chi connectivity index (χ0n) is 13.2. The van der Waals surface area contributed by atoms with Gasteiger partial charge in [-0.1, -0.05) is 33.2 Å². The SMILES string of the molecule is O=C(CN1CCS(=O)(=O)CC1)OCc1nc(-c2cccc(Br)c2)no1. The number of hydrogen-bond acceptors (Lipinski definition) is 8. The van der Waals surface area contributed by atoms with Crippen molar-refractivity contribution in [2.45, 2.75) is 6.61 Å². The van der Waals surface area contributed by atoms with Crippen LogP contribution in [0.4, 0.5) is 0 Å². The molecule has 0 amide bonds. The van der Waals surface area contributed by atoms with Crippen LogP contribution in [0.15, 0.2) is 33.3 Å². The van der Waals surface area contributed by atoms with E-state index in [4.69, 9.17) is 9.26 Å². The summed E-state index contributed by atoms with van der Waals surface area (Å²) in [6.07, 6.45) is 0. The Balaban J connectivity index is 1.50. The number of aromatic nitrogens is 2. The summed E-state index contributed by atoms with van der Waals surface area (Å²) in [7, 11) is -2.96. The molecule has 0 spiro atoms. The van der Waals surface area contributed by atoms with Gasteiger partial charge in [0.25, 0.3) is 5.89 Å². The number of benzene rings is 1. The van der Waals surface area contributed by atoms with Gasteiger partial charge in [-0.3, -0.25) is 9.69 Å². The molecule has 1 aliphatic rings. The number of ether oxygens (including phenoxy) is 1. The van der Waals surface area contributed by atoms with Crippen molar-refractivity contribution in [3.05, 3.63) is 34.6 Å². The van der Waals surface area contributed by atoms with E-state index in [0.29, 0.717) is 18.9 Å². The van der Waals surface area contributed by atoms with E-state index >= 15 is 0 Å². The Morgan fingerprint density at radius 3 is 2.80 bits per heavy atom. The molecule has 1 aromatic heterocycles. The summed E-state index contributed by atoms with van der Waals surface area (Å²) in [5, 5.41) is 3.86. The summed E-state index contributed by atoms with van der Waals surface area (Å²) >= 11 is 3.37. The number of sulfone groups is 1. The van der Waals surface area contributed by atoms with Crippen molar-refractivity contribution in [1.29, 1.82) is 0 Å². The summed E-state index contributed by atoms with van der Waals surface area (Å²) < 4.78 is 33.8. The van der Waals surface area contributed by atoms with Crippen LogP contribution < -0.4 is 0 Å². The number of carbonyl (C=O) groups excluding carboxylic acids is 1. The zero-order valence-corrected chi connectivity index (χ0v) is 15.6. The highest BCUT2D eigenvalue weighted by molar-refractivity contribution is 9.10. The fraction of sp³-hybridized carbons (Fsp3) is 0.400. The Hall–Kier alpha value is -1.78. The minimum absolute atomic E-state index is 0.0438. The minimum atomic E-state index is -2.96. The lowest BCUT2D eigenvalue weighted by Gasteiger charge is -2.25. The van der Waals surface area contributed by atoms with Crippen molar-refractivity contribution < 1.29 is 22.5 Å². The standard InChI is InChI=1S/C15H16BrN3O5S/c16-12-3-1-2-11(8-12)15-17-13(24-18-15)10-23-14(20)9-19-4-6-25(21,22)7-5-19/h1-3,8H,4-7,9-10H2. The molecule has 1 saturated heterocycles. The maximum absolute atomic E-state index is 11.9. The molecule has 134 valence electrons. The third kappa shape index (κ3) is 5.10. The highest BCUT2D eigenvalue weighted by Crippen LogP contribution is 2.20. The molecule has 3 rings (SSSR count). The van der Waals surface area contributed by atoms with E-state index in [-0.39, 0.29) is 30.5 Å². The molecule has 2 heterocycles. The van der Waals surface area contributed by atoms with Crippen molar-refractivity contribution in [1.82, 2.24) is 15.0 Å². The quantitative estimate of drug-likeness (QED) is 0.654. The largest absolute Gasteiger partial charge is 0.455 e. The first-order valence-electron chi connectivity index (χ1n) is 7.58. The number of rotatable bonds is 5. The van der Waals surface area contributed by atoms with E-state index in [1.165, 1.54) is 0 Å². The molecule has 25 heavy (non-hydrogen) atoms. The number of esters is 1. The summed E-state index contributed by atoms with van der Waals surface area (Å²) in [5.74, 6) is 0.291. The normalized spacial score (nSPS) is 17.3. The Labute approximate surface area is 153 Å². The summed E-state index contributed by atoms with van der Waals surface area (Å²) in [5.41, 5.74) is 0.783. The van der Waals surface area contributed by atoms with Crippen molar-refractivity contribution in [2.24, 2.45) is 0 Å². The number of carbonyl (C=O) groups is 1. The highest BCUT2D eigenvalue weighted by Gasteiger charge is 2.23. The van der Waals surface area contributed by atoms with Crippen LogP contribution >= 0.6 is 15.9 Å². The predicted molar refractivity (Wildman–Crippen MR) is 92.3 cm³/mol. The Kier molecular flexibility index (Phi) is 5.50. The van der Waals surface area contributed by atoms with Gasteiger partial charge >= 0.3 is 5.97 Å². The molecular weight excluding hydrogens is 414 g/mol. The maximum Gasteiger partial charge on any atom is 0.320 e. The van der Waals surface area contributed by atoms with Gasteiger partial charge in [0.05, 0.1) is 18.1 Å². The van der Waals surface area contributed by atoms with Gasteiger partial charge in [-0.05, 0) is 12.1 Å². The molecule has 1 aliphatic heterocycles. The number of hydrogen-bond donors (Lipinski definition) is 0. The number of nitrogens with zero attached hydrogens (tertiary/aromatic N) is 3. The molecule has 0 radical (unpaired) electrons. The molecule has 2 aromatic rings. The molecule has 8 nitrogen and oxygen atoms in total. The average molecular weight is 430 g/mol. The van der Waals surface area contributed by atoms with Crippen LogP contribution in [0.5, 0.6) is 0 Å². The van der Waals surface area contributed by atoms with Crippen molar-refractivity contribution in [3.63, 3.8) is 0 Å². The van der Waals surface area contributed by atoms with Crippen LogP contribution in [-0.2, 0) is 26.0 Å². The van der Waals surface area contributed by atoms with Crippen LogP contribution in [0, 0.1) is 0 Å². The van der Waals surface area contributed by atoms with Gasteiger partial charge in [-0.2, -0.15) is 4.98 Å². The van der Waals surface area contributed by atoms with Crippen LogP contribution in [0.25, 0.3) is 11.4 Å². The zero-order chi connectivity index (χ0) is 17.9. The van der Waals surface area contributed by atoms with E-state index in [1.54, 1.807) is 4.90 Å². The fourth-order valence-corrected chi connectivity index (χ4v) is 4.01. The number of halogens is 1. The smallest absolute Gasteiger partial charge is 0.320 e. The van der Waals surface area contributed by atoms with Crippen LogP contribution in [-0.4, -0.2) is 60.6 Å². The van der Waals surface area contributed by atoms with Crippen molar-refractivity contribution in [3.8, 4) is 11.4 Å². The second-order valence-corrected chi connectivity index (χ2v) is 8.83. The third-order valence-corrected chi connectivity index (χ3v) is 5.80. The molecule has 0 N–H and O–H groups in total. The van der Waals surface area contributed by atoms with Gasteiger partial charge in [0.1, 0.15) is 0 Å². The predicted octanol–water partition coefficient (Wildman–Crippen LogP) is 1.27. The molecular formula is C15H16BrN3O5S. The van der Waals surface area contributed by atoms with Gasteiger partial charge in [0.15, 0.2) is 16.4 Å². The molecule has 1 fully saturated rings. The van der Waals surface area contributed by atoms with Crippen molar-refractivity contribution >= 4 is 31.7 Å². The van der Waals surface area contributed by atoms with Gasteiger partial charge in [-0.15, -0.1) is 0 Å². The van der Waals surface area contributed by atoms with Gasteiger partial charge in [0.2, 0.25) is 5.82 Å². The topological polar surface area (TPSA) is 103 Å². The first-order valence-corrected chi connectivity index (χ1v) is 10.2. The minimum Gasteiger partial charge on any atom is -0.455 e. The van der Waals surface area contributed by atoms with E-state index in [2.05, 4.69) is 26.1 Å². The van der Waals surface area contributed by atoms with Crippen molar-refractivity contribution in [2.75, 3.05) is 31.1 Å². The van der Waals surface area contributed by atoms with Gasteiger partial charge in [-0.25, -0.2) is 8.42 Å². The summed E-state index contributed by atoms with van der Waals surface area (Å²) in [4.78, 5) is 17.8. The molecule has 0 unspecified atom stereocenters. The van der Waals surface area contributed by atoms with Crippen LogP contribution in [0.2, 0.25) is 0 Å². The molecule has 1 aromatic carbocycles. The van der Waals surface area contributed by atoms with Crippen LogP contribution in [0.1, 0.15) is 5.89 Å². The monoisotopic (exact) mass is 429 g/mol. The van der Waals surface area contributed by atoms with Crippen LogP contribution in [0.3, 0.4) is 0 Å². The maximum atomic E-state index is 11.9. The third-order valence-electron chi connectivity index (χ3n) is 3.70. The second-order valence-electron chi connectivity index (χ2n) is 5.61. The van der Waals surface area contributed by atoms with Gasteiger partial charge < -0.3 is 9.26 Å². The Bertz CT molecular complexity index is 854. The molecule has 10 heteroatoms. The average Bonchev–Trinajstić information content (AvgIpc) is 3.04. The lowest BCUT2D eigenvalue weighted by Crippen LogP contribution is -2.43. The molecule has 0 bridgehead atoms. The van der Waals surface area contributed by atoms with E-state index in [0.717, 1.165) is 10.0 Å². The second kappa shape index (κ2) is 7.63.